The zero-order valence-corrected chi connectivity index (χ0v) is 15.0. The minimum Gasteiger partial charge on any atom is -0.497 e. The van der Waals surface area contributed by atoms with Gasteiger partial charge in [-0.05, 0) is 36.4 Å². The number of para-hydroxylation sites is 2. The molecule has 0 spiro atoms. The highest BCUT2D eigenvalue weighted by molar-refractivity contribution is 6.55. The Morgan fingerprint density at radius 2 is 1.68 bits per heavy atom. The first-order chi connectivity index (χ1) is 13.7. The number of hydrogen-bond donors (Lipinski definition) is 0. The van der Waals surface area contributed by atoms with Gasteiger partial charge in [-0.3, -0.25) is 9.69 Å². The molecular formula is C22H16N2O4. The number of methoxy groups -OCH3 is 1. The van der Waals surface area contributed by atoms with Crippen molar-refractivity contribution >= 4 is 29.0 Å². The molecule has 0 fully saturated rings. The summed E-state index contributed by atoms with van der Waals surface area (Å²) in [7, 11) is 1.51. The molecular weight excluding hydrogens is 356 g/mol. The van der Waals surface area contributed by atoms with Gasteiger partial charge in [0, 0.05) is 11.3 Å². The first kappa shape index (κ1) is 17.5. The van der Waals surface area contributed by atoms with Gasteiger partial charge in [0.25, 0.3) is 5.91 Å². The highest BCUT2D eigenvalue weighted by Gasteiger charge is 2.35. The van der Waals surface area contributed by atoms with Crippen molar-refractivity contribution in [2.24, 2.45) is 5.16 Å². The quantitative estimate of drug-likeness (QED) is 0.514. The fourth-order valence-corrected chi connectivity index (χ4v) is 3.01. The van der Waals surface area contributed by atoms with E-state index in [2.05, 4.69) is 5.16 Å². The van der Waals surface area contributed by atoms with Gasteiger partial charge in [0.15, 0.2) is 5.71 Å². The predicted octanol–water partition coefficient (Wildman–Crippen LogP) is 3.93. The molecule has 0 bridgehead atoms. The molecule has 1 heterocycles. The van der Waals surface area contributed by atoms with Gasteiger partial charge in [-0.2, -0.15) is 0 Å². The maximum absolute atomic E-state index is 13.0. The number of oxime groups is 1. The van der Waals surface area contributed by atoms with Gasteiger partial charge < -0.3 is 9.57 Å². The molecule has 0 unspecified atom stereocenters. The van der Waals surface area contributed by atoms with Crippen molar-refractivity contribution in [3.63, 3.8) is 0 Å². The Morgan fingerprint density at radius 3 is 2.46 bits per heavy atom. The lowest BCUT2D eigenvalue weighted by molar-refractivity contribution is -0.111. The standard InChI is InChI=1S/C22H16N2O4/c1-27-17-11-7-8-15(14-17)22(26)28-23-20-18-12-5-6-13-19(18)24(21(20)25)16-9-3-2-4-10-16/h2-14H,1H3/b23-20-. The average Bonchev–Trinajstić information content (AvgIpc) is 3.03. The summed E-state index contributed by atoms with van der Waals surface area (Å²) in [5, 5.41) is 3.89. The van der Waals surface area contributed by atoms with Crippen LogP contribution in [-0.2, 0) is 9.63 Å². The topological polar surface area (TPSA) is 68.2 Å². The van der Waals surface area contributed by atoms with E-state index in [9.17, 15) is 9.59 Å². The van der Waals surface area contributed by atoms with E-state index in [-0.39, 0.29) is 17.2 Å². The fourth-order valence-electron chi connectivity index (χ4n) is 3.01. The van der Waals surface area contributed by atoms with Crippen LogP contribution in [0.2, 0.25) is 0 Å². The van der Waals surface area contributed by atoms with Crippen LogP contribution >= 0.6 is 0 Å². The number of fused-ring (bicyclic) bond motifs is 1. The molecule has 3 aromatic carbocycles. The van der Waals surface area contributed by atoms with Gasteiger partial charge in [-0.1, -0.05) is 47.6 Å². The van der Waals surface area contributed by atoms with E-state index in [0.717, 1.165) is 0 Å². The molecule has 0 aliphatic carbocycles. The summed E-state index contributed by atoms with van der Waals surface area (Å²) < 4.78 is 5.11. The van der Waals surface area contributed by atoms with E-state index < -0.39 is 5.97 Å². The van der Waals surface area contributed by atoms with Gasteiger partial charge in [0.1, 0.15) is 5.75 Å². The third kappa shape index (κ3) is 3.12. The van der Waals surface area contributed by atoms with Crippen molar-refractivity contribution in [2.75, 3.05) is 12.0 Å². The molecule has 4 rings (SSSR count). The van der Waals surface area contributed by atoms with Crippen LogP contribution in [-0.4, -0.2) is 24.7 Å². The van der Waals surface area contributed by atoms with Gasteiger partial charge in [0.05, 0.1) is 18.4 Å². The normalized spacial score (nSPS) is 14.1. The number of anilines is 2. The Hall–Kier alpha value is -3.93. The number of hydrogen-bond acceptors (Lipinski definition) is 5. The summed E-state index contributed by atoms with van der Waals surface area (Å²) in [5.74, 6) is -0.500. The Labute approximate surface area is 161 Å². The fraction of sp³-hybridized carbons (Fsp3) is 0.0455. The van der Waals surface area contributed by atoms with Crippen molar-refractivity contribution in [1.29, 1.82) is 0 Å². The van der Waals surface area contributed by atoms with Crippen LogP contribution in [0.3, 0.4) is 0 Å². The van der Waals surface area contributed by atoms with E-state index in [1.807, 2.05) is 42.5 Å². The van der Waals surface area contributed by atoms with Gasteiger partial charge in [-0.15, -0.1) is 0 Å². The molecule has 6 nitrogen and oxygen atoms in total. The molecule has 3 aromatic rings. The molecule has 28 heavy (non-hydrogen) atoms. The van der Waals surface area contributed by atoms with E-state index >= 15 is 0 Å². The zero-order valence-electron chi connectivity index (χ0n) is 15.0. The molecule has 138 valence electrons. The van der Waals surface area contributed by atoms with Crippen LogP contribution in [0.1, 0.15) is 15.9 Å². The lowest BCUT2D eigenvalue weighted by atomic mass is 10.1. The number of rotatable bonds is 4. The number of carbonyl (C=O) groups excluding carboxylic acids is 2. The maximum atomic E-state index is 13.0. The number of benzene rings is 3. The molecule has 1 aliphatic rings. The Bertz CT molecular complexity index is 1080. The summed E-state index contributed by atoms with van der Waals surface area (Å²) >= 11 is 0. The molecule has 0 atom stereocenters. The van der Waals surface area contributed by atoms with Crippen molar-refractivity contribution in [3.05, 3.63) is 90.0 Å². The molecule has 0 N–H and O–H groups in total. The third-order valence-corrected chi connectivity index (χ3v) is 4.35. The maximum Gasteiger partial charge on any atom is 0.365 e. The van der Waals surface area contributed by atoms with Crippen molar-refractivity contribution in [2.45, 2.75) is 0 Å². The monoisotopic (exact) mass is 372 g/mol. The highest BCUT2D eigenvalue weighted by atomic mass is 16.7. The van der Waals surface area contributed by atoms with Crippen LogP contribution in [0.15, 0.2) is 84.0 Å². The average molecular weight is 372 g/mol. The molecule has 0 saturated heterocycles. The summed E-state index contributed by atoms with van der Waals surface area (Å²) in [4.78, 5) is 31.9. The van der Waals surface area contributed by atoms with Crippen molar-refractivity contribution in [1.82, 2.24) is 0 Å². The van der Waals surface area contributed by atoms with Crippen molar-refractivity contribution in [3.8, 4) is 5.75 Å². The Kier molecular flexibility index (Phi) is 4.60. The van der Waals surface area contributed by atoms with Gasteiger partial charge >= 0.3 is 5.97 Å². The van der Waals surface area contributed by atoms with Crippen LogP contribution in [0.25, 0.3) is 0 Å². The minimum absolute atomic E-state index is 0.0794. The summed E-state index contributed by atoms with van der Waals surface area (Å²) in [6, 6.07) is 23.0. The highest BCUT2D eigenvalue weighted by Crippen LogP contribution is 2.35. The lowest BCUT2D eigenvalue weighted by Crippen LogP contribution is -2.25. The lowest BCUT2D eigenvalue weighted by Gasteiger charge is -2.16. The molecule has 1 aliphatic heterocycles. The van der Waals surface area contributed by atoms with Gasteiger partial charge in [0.2, 0.25) is 0 Å². The Balaban J connectivity index is 1.66. The second-order valence-electron chi connectivity index (χ2n) is 6.04. The first-order valence-corrected chi connectivity index (χ1v) is 8.61. The van der Waals surface area contributed by atoms with Crippen LogP contribution in [0.4, 0.5) is 11.4 Å². The predicted molar refractivity (Wildman–Crippen MR) is 105 cm³/mol. The van der Waals surface area contributed by atoms with E-state index in [0.29, 0.717) is 22.7 Å². The summed E-state index contributed by atoms with van der Waals surface area (Å²) in [5.41, 5.74) is 2.37. The molecule has 1 amide bonds. The molecule has 0 aromatic heterocycles. The second kappa shape index (κ2) is 7.36. The largest absolute Gasteiger partial charge is 0.497 e. The SMILES string of the molecule is COc1cccc(C(=O)O/N=C2\C(=O)N(c3ccccc3)c3ccccc32)c1. The number of amides is 1. The molecule has 0 radical (unpaired) electrons. The van der Waals surface area contributed by atoms with E-state index in [4.69, 9.17) is 9.57 Å². The number of nitrogens with zero attached hydrogens (tertiary/aromatic N) is 2. The number of carbonyl (C=O) groups is 2. The first-order valence-electron chi connectivity index (χ1n) is 8.61. The van der Waals surface area contributed by atoms with Gasteiger partial charge in [-0.25, -0.2) is 4.79 Å². The molecule has 0 saturated carbocycles. The minimum atomic E-state index is -0.671. The van der Waals surface area contributed by atoms with Crippen LogP contribution in [0, 0.1) is 0 Å². The Morgan fingerprint density at radius 1 is 0.929 bits per heavy atom. The van der Waals surface area contributed by atoms with Crippen LogP contribution in [0.5, 0.6) is 5.75 Å². The van der Waals surface area contributed by atoms with Crippen LogP contribution < -0.4 is 9.64 Å². The smallest absolute Gasteiger partial charge is 0.365 e. The van der Waals surface area contributed by atoms with E-state index in [1.165, 1.54) is 7.11 Å². The summed E-state index contributed by atoms with van der Waals surface area (Å²) in [6.45, 7) is 0. The van der Waals surface area contributed by atoms with Crippen molar-refractivity contribution < 1.29 is 19.2 Å². The van der Waals surface area contributed by atoms with E-state index in [1.54, 1.807) is 41.3 Å². The number of ether oxygens (including phenoxy) is 1. The molecule has 6 heteroatoms. The summed E-state index contributed by atoms with van der Waals surface area (Å²) in [6.07, 6.45) is 0. The second-order valence-corrected chi connectivity index (χ2v) is 6.04. The third-order valence-electron chi connectivity index (χ3n) is 4.35. The zero-order chi connectivity index (χ0) is 19.5.